The lowest BCUT2D eigenvalue weighted by Gasteiger charge is -2.38. The number of aliphatic carboxylic acids is 1. The zero-order valence-corrected chi connectivity index (χ0v) is 26.6. The number of carboxylic acids is 1. The van der Waals surface area contributed by atoms with E-state index in [1.54, 1.807) is 13.8 Å². The molecule has 14 heteroatoms. The molecule has 2 saturated heterocycles. The average molecular weight is 651 g/mol. The van der Waals surface area contributed by atoms with E-state index in [1.165, 1.54) is 21.1 Å². The molecule has 3 aromatic rings. The maximum Gasteiger partial charge on any atom is 0.490 e. The van der Waals surface area contributed by atoms with Crippen LogP contribution < -0.4 is 4.90 Å². The number of anilines is 1. The Hall–Kier alpha value is -3.91. The molecule has 0 spiro atoms. The van der Waals surface area contributed by atoms with Gasteiger partial charge in [0.1, 0.15) is 10.6 Å². The molecule has 2 atom stereocenters. The van der Waals surface area contributed by atoms with E-state index in [0.29, 0.717) is 18.8 Å². The second kappa shape index (κ2) is 13.2. The minimum absolute atomic E-state index is 0.0235. The fraction of sp³-hybridized carbons (Fsp3) is 0.452. The fourth-order valence-corrected chi connectivity index (χ4v) is 7.75. The zero-order chi connectivity index (χ0) is 33.3. The van der Waals surface area contributed by atoms with Gasteiger partial charge in [-0.3, -0.25) is 4.79 Å². The van der Waals surface area contributed by atoms with Gasteiger partial charge >= 0.3 is 12.1 Å². The highest BCUT2D eigenvalue weighted by Crippen LogP contribution is 2.39. The van der Waals surface area contributed by atoms with Crippen LogP contribution in [0.15, 0.2) is 51.9 Å². The first-order valence-electron chi connectivity index (χ1n) is 14.4. The molecule has 45 heavy (non-hydrogen) atoms. The lowest BCUT2D eigenvalue weighted by atomic mass is 9.85. The van der Waals surface area contributed by atoms with Gasteiger partial charge in [0.25, 0.3) is 0 Å². The second-order valence-corrected chi connectivity index (χ2v) is 13.3. The van der Waals surface area contributed by atoms with Crippen molar-refractivity contribution in [2.45, 2.75) is 51.6 Å². The number of aromatic nitrogens is 1. The lowest BCUT2D eigenvalue weighted by Crippen LogP contribution is -2.51. The van der Waals surface area contributed by atoms with Crippen LogP contribution in [0.25, 0.3) is 0 Å². The minimum atomic E-state index is -5.08. The molecule has 2 aliphatic rings. The normalized spacial score (nSPS) is 19.3. The first-order chi connectivity index (χ1) is 21.0. The molecule has 0 unspecified atom stereocenters. The highest BCUT2D eigenvalue weighted by atomic mass is 32.2. The van der Waals surface area contributed by atoms with Gasteiger partial charge in [0.15, 0.2) is 5.76 Å². The molecule has 0 bridgehead atoms. The van der Waals surface area contributed by atoms with Gasteiger partial charge in [-0.05, 0) is 62.9 Å². The molecule has 1 aromatic heterocycles. The summed E-state index contributed by atoms with van der Waals surface area (Å²) in [5.41, 5.74) is 6.09. The van der Waals surface area contributed by atoms with Crippen LogP contribution in [0.3, 0.4) is 0 Å². The summed E-state index contributed by atoms with van der Waals surface area (Å²) < 4.78 is 65.7. The molecular formula is C31H37F3N4O6S. The quantitative estimate of drug-likeness (QED) is 0.425. The van der Waals surface area contributed by atoms with Gasteiger partial charge in [-0.15, -0.1) is 0 Å². The third-order valence-electron chi connectivity index (χ3n) is 8.30. The maximum atomic E-state index is 14.0. The Morgan fingerprint density at radius 1 is 0.933 bits per heavy atom. The van der Waals surface area contributed by atoms with Gasteiger partial charge in [0.2, 0.25) is 15.9 Å². The van der Waals surface area contributed by atoms with Gasteiger partial charge in [0, 0.05) is 50.9 Å². The predicted octanol–water partition coefficient (Wildman–Crippen LogP) is 4.60. The van der Waals surface area contributed by atoms with Crippen molar-refractivity contribution in [3.63, 3.8) is 0 Å². The van der Waals surface area contributed by atoms with E-state index in [0.717, 1.165) is 24.2 Å². The van der Waals surface area contributed by atoms with Crippen LogP contribution in [0.5, 0.6) is 0 Å². The molecule has 0 aliphatic carbocycles. The first-order valence-corrected chi connectivity index (χ1v) is 15.9. The largest absolute Gasteiger partial charge is 0.490 e. The van der Waals surface area contributed by atoms with Crippen molar-refractivity contribution >= 4 is 27.6 Å². The van der Waals surface area contributed by atoms with Crippen molar-refractivity contribution in [2.75, 3.05) is 44.2 Å². The van der Waals surface area contributed by atoms with Crippen LogP contribution in [0, 0.1) is 40.5 Å². The highest BCUT2D eigenvalue weighted by molar-refractivity contribution is 7.89. The minimum Gasteiger partial charge on any atom is -0.475 e. The molecule has 2 aliphatic heterocycles. The maximum absolute atomic E-state index is 14.0. The van der Waals surface area contributed by atoms with E-state index in [9.17, 15) is 26.4 Å². The van der Waals surface area contributed by atoms with Crippen LogP contribution >= 0.6 is 0 Å². The summed E-state index contributed by atoms with van der Waals surface area (Å²) in [6, 6.07) is 14.4. The topological polar surface area (TPSA) is 124 Å². The number of rotatable bonds is 5. The van der Waals surface area contributed by atoms with E-state index in [4.69, 9.17) is 14.4 Å². The Morgan fingerprint density at radius 3 is 2.11 bits per heavy atom. The summed E-state index contributed by atoms with van der Waals surface area (Å²) >= 11 is 0. The van der Waals surface area contributed by atoms with E-state index >= 15 is 0 Å². The first kappa shape index (κ1) is 34.0. The summed E-state index contributed by atoms with van der Waals surface area (Å²) in [6.45, 7) is 12.6. The molecule has 0 saturated carbocycles. The number of amides is 1. The smallest absolute Gasteiger partial charge is 0.475 e. The summed E-state index contributed by atoms with van der Waals surface area (Å²) in [5.74, 6) is -3.15. The van der Waals surface area contributed by atoms with E-state index in [1.807, 2.05) is 36.1 Å². The number of benzene rings is 2. The third-order valence-corrected chi connectivity index (χ3v) is 10.4. The summed E-state index contributed by atoms with van der Waals surface area (Å²) in [6.07, 6.45) is -5.08. The molecule has 2 aromatic carbocycles. The molecule has 10 nitrogen and oxygen atoms in total. The lowest BCUT2D eigenvalue weighted by molar-refractivity contribution is -0.192. The summed E-state index contributed by atoms with van der Waals surface area (Å²) in [7, 11) is -3.86. The van der Waals surface area contributed by atoms with Crippen LogP contribution in [-0.4, -0.2) is 85.2 Å². The number of nitrogens with zero attached hydrogens (tertiary/aromatic N) is 4. The molecule has 3 heterocycles. The molecule has 244 valence electrons. The number of carbonyl (C=O) groups is 2. The van der Waals surface area contributed by atoms with Crippen LogP contribution in [0.1, 0.15) is 39.6 Å². The zero-order valence-electron chi connectivity index (χ0n) is 25.8. The molecular weight excluding hydrogens is 613 g/mol. The van der Waals surface area contributed by atoms with Gasteiger partial charge in [0.05, 0.1) is 5.92 Å². The van der Waals surface area contributed by atoms with Gasteiger partial charge < -0.3 is 19.4 Å². The molecule has 5 rings (SSSR count). The number of hydrogen-bond acceptors (Lipinski definition) is 7. The predicted molar refractivity (Wildman–Crippen MR) is 161 cm³/mol. The standard InChI is InChI=1S/C29H36N4O4S.C2HF3O2/c1-19-10-11-21(3)27(16-19)31-12-14-32(15-13-31)29(34)26-18-33(17-25(26)24-9-7-6-8-20(24)2)38(35,36)28-22(4)30-37-23(28)5;3-2(4,5)1(6)7/h6-11,16,25-26H,12-15,17-18H2,1-5H3;(H,6,7)/t25-,26+;/m0./s1. The van der Waals surface area contributed by atoms with Crippen LogP contribution in [0.2, 0.25) is 0 Å². The van der Waals surface area contributed by atoms with Gasteiger partial charge in [-0.25, -0.2) is 13.2 Å². The van der Waals surface area contributed by atoms with Crippen molar-refractivity contribution in [1.82, 2.24) is 14.4 Å². The summed E-state index contributed by atoms with van der Waals surface area (Å²) in [5, 5.41) is 11.0. The monoisotopic (exact) mass is 650 g/mol. The highest BCUT2D eigenvalue weighted by Gasteiger charge is 2.46. The number of sulfonamides is 1. The van der Waals surface area contributed by atoms with E-state index in [2.05, 4.69) is 42.1 Å². The number of hydrogen-bond donors (Lipinski definition) is 1. The number of piperazine rings is 1. The Kier molecular flexibility index (Phi) is 9.98. The van der Waals surface area contributed by atoms with Crippen molar-refractivity contribution in [3.8, 4) is 0 Å². The number of halogens is 3. The Bertz CT molecular complexity index is 1650. The molecule has 2 fully saturated rings. The average Bonchev–Trinajstić information content (AvgIpc) is 3.58. The molecule has 1 N–H and O–H groups in total. The van der Waals surface area contributed by atoms with Crippen molar-refractivity contribution in [1.29, 1.82) is 0 Å². The van der Waals surface area contributed by atoms with E-state index in [-0.39, 0.29) is 35.6 Å². The summed E-state index contributed by atoms with van der Waals surface area (Å²) in [4.78, 5) is 27.3. The van der Waals surface area contributed by atoms with Crippen molar-refractivity contribution in [3.05, 3.63) is 76.2 Å². The van der Waals surface area contributed by atoms with Crippen molar-refractivity contribution < 1.29 is 40.8 Å². The van der Waals surface area contributed by atoms with Gasteiger partial charge in [-0.2, -0.15) is 17.5 Å². The van der Waals surface area contributed by atoms with Gasteiger partial charge in [-0.1, -0.05) is 41.6 Å². The third kappa shape index (κ3) is 7.33. The number of carbonyl (C=O) groups excluding carboxylic acids is 1. The second-order valence-electron chi connectivity index (χ2n) is 11.5. The number of alkyl halides is 3. The number of aryl methyl sites for hydroxylation is 5. The Labute approximate surface area is 260 Å². The fourth-order valence-electron chi connectivity index (χ4n) is 5.97. The van der Waals surface area contributed by atoms with Crippen LogP contribution in [-0.2, 0) is 19.6 Å². The SMILES string of the molecule is Cc1ccc(C)c(N2CCN(C(=O)[C@@H]3CN(S(=O)(=O)c4c(C)noc4C)C[C@H]3c3ccccc3C)CC2)c1.O=C(O)C(F)(F)F. The molecule has 0 radical (unpaired) electrons. The Morgan fingerprint density at radius 2 is 1.56 bits per heavy atom. The number of carboxylic acid groups (broad SMARTS) is 1. The van der Waals surface area contributed by atoms with Crippen molar-refractivity contribution in [2.24, 2.45) is 5.92 Å². The van der Waals surface area contributed by atoms with E-state index < -0.39 is 28.1 Å². The molecule has 1 amide bonds. The van der Waals surface area contributed by atoms with Crippen LogP contribution in [0.4, 0.5) is 18.9 Å². The Balaban J connectivity index is 0.000000591.